The molecular formula is C15H17Cl. The predicted molar refractivity (Wildman–Crippen MR) is 72.0 cm³/mol. The summed E-state index contributed by atoms with van der Waals surface area (Å²) in [7, 11) is 0. The lowest BCUT2D eigenvalue weighted by Gasteiger charge is -1.93. The molecule has 0 saturated carbocycles. The molecule has 0 aliphatic rings. The van der Waals surface area contributed by atoms with Crippen molar-refractivity contribution in [3.8, 4) is 0 Å². The molecule has 0 radical (unpaired) electrons. The van der Waals surface area contributed by atoms with E-state index in [2.05, 4.69) is 26.0 Å². The van der Waals surface area contributed by atoms with E-state index in [4.69, 9.17) is 11.6 Å². The van der Waals surface area contributed by atoms with Crippen molar-refractivity contribution in [1.82, 2.24) is 0 Å². The molecule has 0 unspecified atom stereocenters. The maximum Gasteiger partial charge on any atom is 0.0406 e. The number of benzene rings is 2. The molecule has 0 aromatic heterocycles. The summed E-state index contributed by atoms with van der Waals surface area (Å²) in [4.78, 5) is 0. The Bertz CT molecular complexity index is 390. The van der Waals surface area contributed by atoms with Crippen molar-refractivity contribution in [3.63, 3.8) is 0 Å². The summed E-state index contributed by atoms with van der Waals surface area (Å²) in [6, 6.07) is 18.2. The van der Waals surface area contributed by atoms with E-state index in [0.29, 0.717) is 0 Å². The van der Waals surface area contributed by atoms with Gasteiger partial charge in [-0.05, 0) is 31.0 Å². The Morgan fingerprint density at radius 1 is 0.875 bits per heavy atom. The second-order valence-electron chi connectivity index (χ2n) is 3.63. The van der Waals surface area contributed by atoms with Crippen molar-refractivity contribution in [3.05, 3.63) is 70.7 Å². The lowest BCUT2D eigenvalue weighted by atomic mass is 10.2. The molecule has 0 aliphatic carbocycles. The van der Waals surface area contributed by atoms with Gasteiger partial charge in [-0.1, -0.05) is 66.6 Å². The van der Waals surface area contributed by atoms with Crippen LogP contribution in [0.2, 0.25) is 5.02 Å². The molecule has 0 heterocycles. The number of rotatable bonds is 1. The molecule has 0 aliphatic heterocycles. The molecule has 16 heavy (non-hydrogen) atoms. The Labute approximate surface area is 103 Å². The van der Waals surface area contributed by atoms with Crippen LogP contribution in [0, 0.1) is 6.92 Å². The summed E-state index contributed by atoms with van der Waals surface area (Å²) in [6.45, 7) is 4.21. The summed E-state index contributed by atoms with van der Waals surface area (Å²) in [5.41, 5.74) is 2.65. The molecule has 2 rings (SSSR count). The van der Waals surface area contributed by atoms with Crippen LogP contribution in [0.4, 0.5) is 0 Å². The van der Waals surface area contributed by atoms with Crippen molar-refractivity contribution >= 4 is 11.6 Å². The van der Waals surface area contributed by atoms with E-state index < -0.39 is 0 Å². The third kappa shape index (κ3) is 4.99. The van der Waals surface area contributed by atoms with Crippen molar-refractivity contribution in [1.29, 1.82) is 0 Å². The lowest BCUT2D eigenvalue weighted by molar-refractivity contribution is 1.14. The summed E-state index contributed by atoms with van der Waals surface area (Å²) in [5.74, 6) is 0. The van der Waals surface area contributed by atoms with E-state index in [0.717, 1.165) is 11.4 Å². The maximum absolute atomic E-state index is 5.67. The normalized spacial score (nSPS) is 9.19. The molecule has 0 bridgehead atoms. The van der Waals surface area contributed by atoms with Crippen molar-refractivity contribution in [2.24, 2.45) is 0 Å². The van der Waals surface area contributed by atoms with E-state index >= 15 is 0 Å². The third-order valence-corrected chi connectivity index (χ3v) is 2.51. The van der Waals surface area contributed by atoms with Gasteiger partial charge < -0.3 is 0 Å². The lowest BCUT2D eigenvalue weighted by Crippen LogP contribution is -1.75. The van der Waals surface area contributed by atoms with Crippen LogP contribution in [0.1, 0.15) is 18.1 Å². The smallest absolute Gasteiger partial charge is 0.0406 e. The largest absolute Gasteiger partial charge is 0.0843 e. The Morgan fingerprint density at radius 3 is 1.81 bits per heavy atom. The van der Waals surface area contributed by atoms with Crippen LogP contribution in [-0.2, 0) is 6.42 Å². The minimum Gasteiger partial charge on any atom is -0.0843 e. The quantitative estimate of drug-likeness (QED) is 0.656. The monoisotopic (exact) mass is 232 g/mol. The maximum atomic E-state index is 5.67. The van der Waals surface area contributed by atoms with E-state index in [1.807, 2.05) is 42.5 Å². The van der Waals surface area contributed by atoms with Gasteiger partial charge in [0.2, 0.25) is 0 Å². The summed E-state index contributed by atoms with van der Waals surface area (Å²) < 4.78 is 0. The van der Waals surface area contributed by atoms with Gasteiger partial charge in [0, 0.05) is 5.02 Å². The van der Waals surface area contributed by atoms with E-state index in [9.17, 15) is 0 Å². The van der Waals surface area contributed by atoms with Gasteiger partial charge in [-0.15, -0.1) is 0 Å². The SMILES string of the molecule is CCc1ccc(Cl)cc1.Cc1ccccc1. The van der Waals surface area contributed by atoms with Gasteiger partial charge in [0.15, 0.2) is 0 Å². The van der Waals surface area contributed by atoms with Gasteiger partial charge in [-0.25, -0.2) is 0 Å². The summed E-state index contributed by atoms with van der Waals surface area (Å²) in [6.07, 6.45) is 1.08. The first-order chi connectivity index (χ1) is 7.72. The van der Waals surface area contributed by atoms with Crippen molar-refractivity contribution < 1.29 is 0 Å². The second kappa shape index (κ2) is 7.08. The predicted octanol–water partition coefficient (Wildman–Crippen LogP) is 4.90. The fraction of sp³-hybridized carbons (Fsp3) is 0.200. The van der Waals surface area contributed by atoms with Crippen molar-refractivity contribution in [2.75, 3.05) is 0 Å². The average molecular weight is 233 g/mol. The molecule has 0 nitrogen and oxygen atoms in total. The molecule has 2 aromatic carbocycles. The summed E-state index contributed by atoms with van der Waals surface area (Å²) in [5, 5.41) is 0.812. The van der Waals surface area contributed by atoms with E-state index in [1.54, 1.807) is 0 Å². The summed E-state index contributed by atoms with van der Waals surface area (Å²) >= 11 is 5.67. The highest BCUT2D eigenvalue weighted by Crippen LogP contribution is 2.09. The van der Waals surface area contributed by atoms with Gasteiger partial charge in [-0.2, -0.15) is 0 Å². The molecule has 0 amide bonds. The Kier molecular flexibility index (Phi) is 5.66. The first kappa shape index (κ1) is 12.8. The van der Waals surface area contributed by atoms with Gasteiger partial charge >= 0.3 is 0 Å². The molecule has 2 aromatic rings. The Morgan fingerprint density at radius 2 is 1.44 bits per heavy atom. The van der Waals surface area contributed by atoms with Crippen LogP contribution in [0.5, 0.6) is 0 Å². The fourth-order valence-corrected chi connectivity index (χ4v) is 1.38. The van der Waals surface area contributed by atoms with Crippen LogP contribution in [0.15, 0.2) is 54.6 Å². The zero-order chi connectivity index (χ0) is 11.8. The van der Waals surface area contributed by atoms with Crippen LogP contribution < -0.4 is 0 Å². The molecule has 0 fully saturated rings. The first-order valence-electron chi connectivity index (χ1n) is 5.48. The zero-order valence-electron chi connectivity index (χ0n) is 9.78. The number of hydrogen-bond acceptors (Lipinski definition) is 0. The Hall–Kier alpha value is -1.27. The Balaban J connectivity index is 0.000000165. The van der Waals surface area contributed by atoms with E-state index in [1.165, 1.54) is 11.1 Å². The molecule has 0 saturated heterocycles. The topological polar surface area (TPSA) is 0 Å². The molecule has 0 spiro atoms. The highest BCUT2D eigenvalue weighted by Gasteiger charge is 1.86. The van der Waals surface area contributed by atoms with Crippen LogP contribution in [-0.4, -0.2) is 0 Å². The van der Waals surface area contributed by atoms with Crippen LogP contribution in [0.3, 0.4) is 0 Å². The third-order valence-electron chi connectivity index (χ3n) is 2.26. The molecule has 0 atom stereocenters. The molecule has 0 N–H and O–H groups in total. The standard InChI is InChI=1S/C8H9Cl.C7H8/c1-2-7-3-5-8(9)6-4-7;1-7-5-3-2-4-6-7/h3-6H,2H2,1H3;2-6H,1H3. The number of hydrogen-bond donors (Lipinski definition) is 0. The van der Waals surface area contributed by atoms with Gasteiger partial charge in [0.05, 0.1) is 0 Å². The first-order valence-corrected chi connectivity index (χ1v) is 5.86. The average Bonchev–Trinajstić information content (AvgIpc) is 2.32. The van der Waals surface area contributed by atoms with Crippen molar-refractivity contribution in [2.45, 2.75) is 20.3 Å². The minimum atomic E-state index is 0.812. The van der Waals surface area contributed by atoms with Gasteiger partial charge in [0.25, 0.3) is 0 Å². The number of aryl methyl sites for hydroxylation is 2. The second-order valence-corrected chi connectivity index (χ2v) is 4.07. The van der Waals surface area contributed by atoms with Gasteiger partial charge in [-0.3, -0.25) is 0 Å². The zero-order valence-corrected chi connectivity index (χ0v) is 10.5. The molecule has 84 valence electrons. The van der Waals surface area contributed by atoms with Crippen LogP contribution in [0.25, 0.3) is 0 Å². The minimum absolute atomic E-state index is 0.812. The molecule has 1 heteroatoms. The fourth-order valence-electron chi connectivity index (χ4n) is 1.25. The highest BCUT2D eigenvalue weighted by atomic mass is 35.5. The number of halogens is 1. The van der Waals surface area contributed by atoms with Crippen LogP contribution >= 0.6 is 11.6 Å². The van der Waals surface area contributed by atoms with E-state index in [-0.39, 0.29) is 0 Å². The molecular weight excluding hydrogens is 216 g/mol. The van der Waals surface area contributed by atoms with Gasteiger partial charge in [0.1, 0.15) is 0 Å². The highest BCUT2D eigenvalue weighted by molar-refractivity contribution is 6.30.